The molecule has 0 aromatic carbocycles. The lowest BCUT2D eigenvalue weighted by Crippen LogP contribution is -2.40. The number of nitrogens with one attached hydrogen (secondary N) is 2. The molecule has 0 atom stereocenters. The number of hydrogen-bond acceptors (Lipinski definition) is 6. The molecule has 7 nitrogen and oxygen atoms in total. The Balaban J connectivity index is 2.08. The second-order valence-electron chi connectivity index (χ2n) is 4.27. The Morgan fingerprint density at radius 1 is 1.44 bits per heavy atom. The molecule has 98 valence electrons. The third-order valence-electron chi connectivity index (χ3n) is 3.06. The first-order valence-electron chi connectivity index (χ1n) is 5.76. The van der Waals surface area contributed by atoms with Crippen LogP contribution in [0.5, 0.6) is 0 Å². The second-order valence-corrected chi connectivity index (χ2v) is 4.27. The van der Waals surface area contributed by atoms with E-state index in [1.165, 1.54) is 12.1 Å². The van der Waals surface area contributed by atoms with Crippen LogP contribution in [0.25, 0.3) is 0 Å². The first-order valence-corrected chi connectivity index (χ1v) is 5.76. The summed E-state index contributed by atoms with van der Waals surface area (Å²) in [5, 5.41) is 16.8. The summed E-state index contributed by atoms with van der Waals surface area (Å²) in [7, 11) is 3.37. The van der Waals surface area contributed by atoms with E-state index in [2.05, 4.69) is 15.6 Å². The third kappa shape index (κ3) is 2.67. The topological polar surface area (TPSA) is 89.3 Å². The minimum Gasteiger partial charge on any atom is -0.381 e. The van der Waals surface area contributed by atoms with Crippen LogP contribution in [-0.4, -0.2) is 36.2 Å². The van der Waals surface area contributed by atoms with Crippen molar-refractivity contribution in [1.82, 2.24) is 4.98 Å². The van der Waals surface area contributed by atoms with Crippen LogP contribution in [0.4, 0.5) is 17.3 Å². The van der Waals surface area contributed by atoms with E-state index in [9.17, 15) is 10.1 Å². The largest absolute Gasteiger partial charge is 0.381 e. The Morgan fingerprint density at radius 2 is 2.11 bits per heavy atom. The van der Waals surface area contributed by atoms with E-state index >= 15 is 0 Å². The second kappa shape index (κ2) is 5.18. The van der Waals surface area contributed by atoms with Gasteiger partial charge in [0, 0.05) is 20.2 Å². The Morgan fingerprint density at radius 3 is 2.67 bits per heavy atom. The molecule has 1 saturated carbocycles. The van der Waals surface area contributed by atoms with E-state index < -0.39 is 4.92 Å². The minimum absolute atomic E-state index is 0.0273. The van der Waals surface area contributed by atoms with Gasteiger partial charge in [-0.3, -0.25) is 10.1 Å². The maximum Gasteiger partial charge on any atom is 0.276 e. The molecule has 0 aliphatic heterocycles. The van der Waals surface area contributed by atoms with Crippen molar-refractivity contribution in [3.8, 4) is 0 Å². The van der Waals surface area contributed by atoms with Crippen molar-refractivity contribution in [2.75, 3.05) is 24.8 Å². The van der Waals surface area contributed by atoms with Crippen LogP contribution in [0, 0.1) is 10.1 Å². The average molecular weight is 252 g/mol. The molecule has 1 fully saturated rings. The normalized spacial score (nSPS) is 22.1. The summed E-state index contributed by atoms with van der Waals surface area (Å²) in [5.74, 6) is 1.00. The smallest absolute Gasteiger partial charge is 0.276 e. The molecule has 1 aliphatic rings. The van der Waals surface area contributed by atoms with Gasteiger partial charge in [0.05, 0.1) is 23.2 Å². The predicted octanol–water partition coefficient (Wildman–Crippen LogP) is 1.62. The molecule has 2 N–H and O–H groups in total. The van der Waals surface area contributed by atoms with E-state index in [4.69, 9.17) is 4.74 Å². The molecule has 1 heterocycles. The molecular formula is C11H16N4O3. The van der Waals surface area contributed by atoms with Crippen molar-refractivity contribution < 1.29 is 9.66 Å². The van der Waals surface area contributed by atoms with Crippen LogP contribution in [0.1, 0.15) is 12.8 Å². The van der Waals surface area contributed by atoms with E-state index in [0.717, 1.165) is 12.8 Å². The van der Waals surface area contributed by atoms with Crippen molar-refractivity contribution in [2.45, 2.75) is 25.0 Å². The summed E-state index contributed by atoms with van der Waals surface area (Å²) in [6, 6.07) is 3.12. The van der Waals surface area contributed by atoms with Gasteiger partial charge in [0.15, 0.2) is 0 Å². The zero-order valence-electron chi connectivity index (χ0n) is 10.3. The summed E-state index contributed by atoms with van der Waals surface area (Å²) in [6.45, 7) is 0. The van der Waals surface area contributed by atoms with Gasteiger partial charge in [0.1, 0.15) is 11.6 Å². The van der Waals surface area contributed by atoms with Crippen LogP contribution in [0.2, 0.25) is 0 Å². The standard InChI is InChI=1S/C11H16N4O3/c1-12-10-5-8(15(16)17)6-11(14-10)13-7-3-9(4-7)18-2/h5-7,9H,3-4H2,1-2H3,(H2,12,13,14). The highest BCUT2D eigenvalue weighted by Crippen LogP contribution is 2.27. The molecular weight excluding hydrogens is 236 g/mol. The van der Waals surface area contributed by atoms with Crippen molar-refractivity contribution >= 4 is 17.3 Å². The number of methoxy groups -OCH3 is 1. The summed E-state index contributed by atoms with van der Waals surface area (Å²) in [5.41, 5.74) is 0.0273. The number of anilines is 2. The molecule has 0 amide bonds. The first-order chi connectivity index (χ1) is 8.62. The number of aromatic nitrogens is 1. The van der Waals surface area contributed by atoms with E-state index in [1.54, 1.807) is 14.2 Å². The lowest BCUT2D eigenvalue weighted by molar-refractivity contribution is -0.384. The zero-order chi connectivity index (χ0) is 13.1. The molecule has 0 saturated heterocycles. The van der Waals surface area contributed by atoms with Gasteiger partial charge in [-0.05, 0) is 12.8 Å². The maximum atomic E-state index is 10.8. The van der Waals surface area contributed by atoms with Gasteiger partial charge in [-0.2, -0.15) is 0 Å². The van der Waals surface area contributed by atoms with Gasteiger partial charge in [0.25, 0.3) is 5.69 Å². The van der Waals surface area contributed by atoms with Crippen LogP contribution in [0.3, 0.4) is 0 Å². The Bertz CT molecular complexity index is 446. The quantitative estimate of drug-likeness (QED) is 0.611. The zero-order valence-corrected chi connectivity index (χ0v) is 10.3. The van der Waals surface area contributed by atoms with Crippen molar-refractivity contribution in [2.24, 2.45) is 0 Å². The van der Waals surface area contributed by atoms with Gasteiger partial charge in [-0.25, -0.2) is 4.98 Å². The maximum absolute atomic E-state index is 10.8. The lowest BCUT2D eigenvalue weighted by atomic mass is 9.89. The van der Waals surface area contributed by atoms with Crippen LogP contribution in [-0.2, 0) is 4.74 Å². The van der Waals surface area contributed by atoms with Gasteiger partial charge < -0.3 is 15.4 Å². The number of nitrogens with zero attached hydrogens (tertiary/aromatic N) is 2. The fourth-order valence-corrected chi connectivity index (χ4v) is 1.91. The fourth-order valence-electron chi connectivity index (χ4n) is 1.91. The highest BCUT2D eigenvalue weighted by atomic mass is 16.6. The molecule has 18 heavy (non-hydrogen) atoms. The number of nitro groups is 1. The van der Waals surface area contributed by atoms with Gasteiger partial charge in [-0.1, -0.05) is 0 Å². The Labute approximate surface area is 105 Å². The van der Waals surface area contributed by atoms with E-state index in [-0.39, 0.29) is 17.8 Å². The van der Waals surface area contributed by atoms with Gasteiger partial charge >= 0.3 is 0 Å². The van der Waals surface area contributed by atoms with Gasteiger partial charge in [0.2, 0.25) is 0 Å². The summed E-state index contributed by atoms with van der Waals surface area (Å²) in [4.78, 5) is 14.6. The average Bonchev–Trinajstić information content (AvgIpc) is 2.32. The fraction of sp³-hybridized carbons (Fsp3) is 0.545. The lowest BCUT2D eigenvalue weighted by Gasteiger charge is -2.34. The summed E-state index contributed by atoms with van der Waals surface area (Å²) >= 11 is 0. The molecule has 0 spiro atoms. The Hall–Kier alpha value is -1.89. The molecule has 2 rings (SSSR count). The van der Waals surface area contributed by atoms with E-state index in [1.807, 2.05) is 0 Å². The highest BCUT2D eigenvalue weighted by molar-refractivity contribution is 5.54. The minimum atomic E-state index is -0.424. The molecule has 1 aromatic rings. The van der Waals surface area contributed by atoms with Crippen molar-refractivity contribution in [3.63, 3.8) is 0 Å². The summed E-state index contributed by atoms with van der Waals surface area (Å²) < 4.78 is 5.18. The summed E-state index contributed by atoms with van der Waals surface area (Å²) in [6.07, 6.45) is 2.08. The van der Waals surface area contributed by atoms with Gasteiger partial charge in [-0.15, -0.1) is 0 Å². The highest BCUT2D eigenvalue weighted by Gasteiger charge is 2.29. The molecule has 0 radical (unpaired) electrons. The monoisotopic (exact) mass is 252 g/mol. The molecule has 0 unspecified atom stereocenters. The van der Waals surface area contributed by atoms with Crippen LogP contribution >= 0.6 is 0 Å². The number of hydrogen-bond donors (Lipinski definition) is 2. The van der Waals surface area contributed by atoms with Crippen LogP contribution in [0.15, 0.2) is 12.1 Å². The number of rotatable bonds is 5. The van der Waals surface area contributed by atoms with Crippen LogP contribution < -0.4 is 10.6 Å². The molecule has 0 bridgehead atoms. The molecule has 1 aromatic heterocycles. The van der Waals surface area contributed by atoms with E-state index in [0.29, 0.717) is 11.6 Å². The third-order valence-corrected chi connectivity index (χ3v) is 3.06. The predicted molar refractivity (Wildman–Crippen MR) is 67.9 cm³/mol. The molecule has 7 heteroatoms. The number of pyridine rings is 1. The molecule has 1 aliphatic carbocycles. The Kier molecular flexibility index (Phi) is 3.61. The SMILES string of the molecule is CNc1cc([N+](=O)[O-])cc(NC2CC(OC)C2)n1. The number of ether oxygens (including phenoxy) is 1. The van der Waals surface area contributed by atoms with Crippen molar-refractivity contribution in [1.29, 1.82) is 0 Å². The first kappa shape index (κ1) is 12.6. The van der Waals surface area contributed by atoms with Crippen molar-refractivity contribution in [3.05, 3.63) is 22.2 Å².